The number of hydrogen-bond acceptors (Lipinski definition) is 8. The summed E-state index contributed by atoms with van der Waals surface area (Å²) < 4.78 is 29.4. The first kappa shape index (κ1) is 24.9. The van der Waals surface area contributed by atoms with Gasteiger partial charge >= 0.3 is 0 Å². The molecule has 1 saturated carbocycles. The minimum atomic E-state index is -1.07. The van der Waals surface area contributed by atoms with Gasteiger partial charge in [0, 0.05) is 38.1 Å². The highest BCUT2D eigenvalue weighted by atomic mass is 16.5. The van der Waals surface area contributed by atoms with E-state index in [1.807, 2.05) is 54.6 Å². The molecule has 0 bridgehead atoms. The number of hydrogen-bond donors (Lipinski definition) is 2. The van der Waals surface area contributed by atoms with E-state index < -0.39 is 11.1 Å². The van der Waals surface area contributed by atoms with Crippen LogP contribution in [0.15, 0.2) is 71.9 Å². The number of methoxy groups -OCH3 is 4. The lowest BCUT2D eigenvalue weighted by atomic mass is 9.69. The van der Waals surface area contributed by atoms with Crippen molar-refractivity contribution in [2.45, 2.75) is 23.5 Å². The zero-order valence-corrected chi connectivity index (χ0v) is 21.5. The molecule has 0 saturated heterocycles. The molecule has 8 nitrogen and oxygen atoms in total. The van der Waals surface area contributed by atoms with E-state index in [9.17, 15) is 5.21 Å². The predicted molar refractivity (Wildman–Crippen MR) is 139 cm³/mol. The molecule has 194 valence electrons. The monoisotopic (exact) mass is 504 g/mol. The Bertz CT molecular complexity index is 1280. The van der Waals surface area contributed by atoms with Crippen molar-refractivity contribution in [2.24, 2.45) is 5.16 Å². The lowest BCUT2D eigenvalue weighted by Crippen LogP contribution is -2.60. The molecule has 1 heterocycles. The lowest BCUT2D eigenvalue weighted by Gasteiger charge is -2.43. The Morgan fingerprint density at radius 1 is 0.946 bits per heavy atom. The summed E-state index contributed by atoms with van der Waals surface area (Å²) in [6, 6.07) is 21.7. The topological polar surface area (TPSA) is 90.8 Å². The number of fused-ring (bicyclic) bond motifs is 3. The molecule has 2 N–H and O–H groups in total. The molecule has 2 aliphatic rings. The van der Waals surface area contributed by atoms with Gasteiger partial charge in [0.25, 0.3) is 0 Å². The van der Waals surface area contributed by atoms with Crippen molar-refractivity contribution >= 4 is 5.71 Å². The van der Waals surface area contributed by atoms with Crippen LogP contribution in [0.1, 0.15) is 29.0 Å². The molecule has 0 spiro atoms. The van der Waals surface area contributed by atoms with Gasteiger partial charge < -0.3 is 28.9 Å². The predicted octanol–water partition coefficient (Wildman–Crippen LogP) is 4.45. The van der Waals surface area contributed by atoms with Crippen molar-refractivity contribution in [3.63, 3.8) is 0 Å². The molecule has 5 rings (SSSR count). The Kier molecular flexibility index (Phi) is 6.70. The molecule has 0 aromatic heterocycles. The second-order valence-corrected chi connectivity index (χ2v) is 9.15. The molecule has 3 aromatic carbocycles. The molecule has 1 aliphatic carbocycles. The van der Waals surface area contributed by atoms with Crippen LogP contribution in [-0.2, 0) is 15.9 Å². The highest BCUT2D eigenvalue weighted by molar-refractivity contribution is 6.02. The van der Waals surface area contributed by atoms with Crippen LogP contribution in [0.2, 0.25) is 0 Å². The lowest BCUT2D eigenvalue weighted by molar-refractivity contribution is 0.0149. The van der Waals surface area contributed by atoms with Crippen LogP contribution in [0.3, 0.4) is 0 Å². The number of rotatable bonds is 9. The molecule has 1 aliphatic heterocycles. The average Bonchev–Trinajstić information content (AvgIpc) is 3.40. The van der Waals surface area contributed by atoms with Gasteiger partial charge in [-0.1, -0.05) is 47.6 Å². The molecule has 0 radical (unpaired) electrons. The molecule has 0 amide bonds. The van der Waals surface area contributed by atoms with Crippen LogP contribution < -0.4 is 24.3 Å². The molecule has 37 heavy (non-hydrogen) atoms. The Balaban J connectivity index is 1.86. The van der Waals surface area contributed by atoms with E-state index in [2.05, 4.69) is 22.6 Å². The minimum absolute atomic E-state index is 0.203. The van der Waals surface area contributed by atoms with Gasteiger partial charge in [0.2, 0.25) is 0 Å². The van der Waals surface area contributed by atoms with Crippen LogP contribution in [-0.4, -0.2) is 52.5 Å². The van der Waals surface area contributed by atoms with E-state index in [0.29, 0.717) is 42.5 Å². The smallest absolute Gasteiger partial charge is 0.169 e. The van der Waals surface area contributed by atoms with E-state index in [-0.39, 0.29) is 5.92 Å². The first-order chi connectivity index (χ1) is 18.1. The molecule has 3 atom stereocenters. The highest BCUT2D eigenvalue weighted by Crippen LogP contribution is 2.67. The number of nitrogens with one attached hydrogen (secondary N) is 1. The maximum Gasteiger partial charge on any atom is 0.169 e. The van der Waals surface area contributed by atoms with Crippen molar-refractivity contribution in [2.75, 3.05) is 41.6 Å². The van der Waals surface area contributed by atoms with Crippen LogP contribution in [0.4, 0.5) is 0 Å². The maximum atomic E-state index is 10.5. The quantitative estimate of drug-likeness (QED) is 0.253. The van der Waals surface area contributed by atoms with Crippen molar-refractivity contribution in [1.29, 1.82) is 0 Å². The first-order valence-corrected chi connectivity index (χ1v) is 12.2. The van der Waals surface area contributed by atoms with E-state index in [1.165, 1.54) is 0 Å². The summed E-state index contributed by atoms with van der Waals surface area (Å²) in [6.45, 7) is 0.926. The standard InChI is InChI=1S/C29H32N2O6/c1-33-15-14-30-28-26(31-32)18-23(19-8-6-5-7-9-19)29(28,20-10-12-21(34-2)13-11-20)37-25-17-22(35-3)16-24(36-4)27(25)28/h5-13,16-17,23,30,32H,14-15,18H2,1-4H3/b31-26+/t23-,28+,29-/m0/s1. The van der Waals surface area contributed by atoms with Gasteiger partial charge in [-0.2, -0.15) is 0 Å². The van der Waals surface area contributed by atoms with Crippen LogP contribution in [0.5, 0.6) is 23.0 Å². The summed E-state index contributed by atoms with van der Waals surface area (Å²) in [5.74, 6) is 2.30. The van der Waals surface area contributed by atoms with Gasteiger partial charge in [0.05, 0.1) is 39.2 Å². The fourth-order valence-corrected chi connectivity index (χ4v) is 6.04. The normalized spacial score (nSPS) is 24.9. The highest BCUT2D eigenvalue weighted by Gasteiger charge is 2.73. The van der Waals surface area contributed by atoms with E-state index in [0.717, 1.165) is 22.4 Å². The Labute approximate surface area is 216 Å². The number of ether oxygens (including phenoxy) is 5. The average molecular weight is 505 g/mol. The van der Waals surface area contributed by atoms with Crippen molar-refractivity contribution in [3.8, 4) is 23.0 Å². The number of oxime groups is 1. The Morgan fingerprint density at radius 3 is 2.30 bits per heavy atom. The van der Waals surface area contributed by atoms with E-state index >= 15 is 0 Å². The van der Waals surface area contributed by atoms with Gasteiger partial charge in [-0.15, -0.1) is 0 Å². The fraction of sp³-hybridized carbons (Fsp3) is 0.345. The maximum absolute atomic E-state index is 10.5. The van der Waals surface area contributed by atoms with E-state index in [4.69, 9.17) is 23.7 Å². The van der Waals surface area contributed by atoms with Crippen LogP contribution in [0, 0.1) is 0 Å². The Morgan fingerprint density at radius 2 is 1.68 bits per heavy atom. The third-order valence-electron chi connectivity index (χ3n) is 7.56. The summed E-state index contributed by atoms with van der Waals surface area (Å²) >= 11 is 0. The van der Waals surface area contributed by atoms with Gasteiger partial charge in [-0.25, -0.2) is 0 Å². The molecular weight excluding hydrogens is 472 g/mol. The van der Waals surface area contributed by atoms with Crippen molar-refractivity contribution in [3.05, 3.63) is 83.4 Å². The van der Waals surface area contributed by atoms with Crippen LogP contribution in [0.25, 0.3) is 0 Å². The van der Waals surface area contributed by atoms with E-state index in [1.54, 1.807) is 28.4 Å². The summed E-state index contributed by atoms with van der Waals surface area (Å²) in [6.07, 6.45) is 0.459. The minimum Gasteiger partial charge on any atom is -0.497 e. The molecular formula is C29H32N2O6. The summed E-state index contributed by atoms with van der Waals surface area (Å²) in [5, 5.41) is 18.1. The summed E-state index contributed by atoms with van der Waals surface area (Å²) in [4.78, 5) is 0. The zero-order valence-electron chi connectivity index (χ0n) is 21.5. The third-order valence-corrected chi connectivity index (χ3v) is 7.56. The molecule has 1 fully saturated rings. The Hall–Kier alpha value is -3.75. The number of benzene rings is 3. The zero-order chi connectivity index (χ0) is 26.0. The first-order valence-electron chi connectivity index (χ1n) is 12.2. The van der Waals surface area contributed by atoms with Gasteiger partial charge in [0.15, 0.2) is 5.60 Å². The molecule has 0 unspecified atom stereocenters. The van der Waals surface area contributed by atoms with Gasteiger partial charge in [-0.05, 0) is 23.3 Å². The largest absolute Gasteiger partial charge is 0.497 e. The molecule has 8 heteroatoms. The second-order valence-electron chi connectivity index (χ2n) is 9.15. The van der Waals surface area contributed by atoms with Crippen LogP contribution >= 0.6 is 0 Å². The SMILES string of the molecule is COCCN[C@@]12/C(=N/O)C[C@@H](c3ccccc3)[C@]1(c1ccc(OC)cc1)Oc1cc(OC)cc(OC)c12. The summed E-state index contributed by atoms with van der Waals surface area (Å²) in [5.41, 5.74) is 1.18. The fourth-order valence-electron chi connectivity index (χ4n) is 6.04. The second kappa shape index (κ2) is 9.95. The molecule has 3 aromatic rings. The third kappa shape index (κ3) is 3.62. The summed E-state index contributed by atoms with van der Waals surface area (Å²) in [7, 11) is 6.52. The van der Waals surface area contributed by atoms with Gasteiger partial charge in [-0.3, -0.25) is 5.32 Å². The van der Waals surface area contributed by atoms with Crippen molar-refractivity contribution < 1.29 is 28.9 Å². The number of nitrogens with zero attached hydrogens (tertiary/aromatic N) is 1. The van der Waals surface area contributed by atoms with Crippen molar-refractivity contribution in [1.82, 2.24) is 5.32 Å². The van der Waals surface area contributed by atoms with Gasteiger partial charge in [0.1, 0.15) is 28.5 Å².